The maximum absolute atomic E-state index is 6.22. The number of ether oxygens (including phenoxy) is 1. The Morgan fingerprint density at radius 3 is 1.55 bits per heavy atom. The van der Waals surface area contributed by atoms with Crippen molar-refractivity contribution in [3.8, 4) is 56.5 Å². The number of nitrogens with two attached hydrogens (primary N) is 2. The van der Waals surface area contributed by atoms with Gasteiger partial charge in [-0.05, 0) is 48.5 Å². The van der Waals surface area contributed by atoms with Crippen molar-refractivity contribution >= 4 is 34.1 Å². The molecule has 224 valence electrons. The molecule has 0 radical (unpaired) electrons. The summed E-state index contributed by atoms with van der Waals surface area (Å²) in [6, 6.07) is 35.1. The topological polar surface area (TPSA) is 164 Å². The van der Waals surface area contributed by atoms with Crippen LogP contribution in [0.5, 0.6) is 11.5 Å². The number of hydrogen-bond acceptors (Lipinski definition) is 11. The molecule has 0 atom stereocenters. The molecule has 47 heavy (non-hydrogen) atoms. The average molecular weight is 613 g/mol. The van der Waals surface area contributed by atoms with Crippen LogP contribution in [0.2, 0.25) is 0 Å². The third-order valence-corrected chi connectivity index (χ3v) is 7.53. The fraction of sp³-hybridized carbons (Fsp3) is 0. The van der Waals surface area contributed by atoms with Gasteiger partial charge in [-0.1, -0.05) is 60.7 Å². The number of anilines is 2. The predicted octanol–water partition coefficient (Wildman–Crippen LogP) is 6.78. The zero-order valence-electron chi connectivity index (χ0n) is 24.7. The molecule has 0 saturated heterocycles. The molecule has 0 fully saturated rings. The van der Waals surface area contributed by atoms with Crippen LogP contribution < -0.4 is 16.2 Å². The monoisotopic (exact) mass is 612 g/mol. The van der Waals surface area contributed by atoms with Crippen molar-refractivity contribution in [2.75, 3.05) is 11.5 Å². The van der Waals surface area contributed by atoms with E-state index in [4.69, 9.17) is 36.1 Å². The summed E-state index contributed by atoms with van der Waals surface area (Å²) in [4.78, 5) is 36.1. The van der Waals surface area contributed by atoms with Gasteiger partial charge in [0.25, 0.3) is 0 Å². The van der Waals surface area contributed by atoms with E-state index >= 15 is 0 Å². The summed E-state index contributed by atoms with van der Waals surface area (Å²) in [7, 11) is 0. The molecule has 4 N–H and O–H groups in total. The van der Waals surface area contributed by atoms with Gasteiger partial charge in [0.2, 0.25) is 5.95 Å². The van der Waals surface area contributed by atoms with E-state index in [1.807, 2.05) is 109 Å². The minimum Gasteiger partial charge on any atom is -0.457 e. The molecule has 0 aliphatic heterocycles. The Hall–Kier alpha value is -6.88. The number of benzene rings is 4. The van der Waals surface area contributed by atoms with Gasteiger partial charge in [-0.15, -0.1) is 0 Å². The van der Waals surface area contributed by atoms with Gasteiger partial charge in [0.1, 0.15) is 23.3 Å². The van der Waals surface area contributed by atoms with E-state index in [1.165, 1.54) is 6.33 Å². The zero-order valence-corrected chi connectivity index (χ0v) is 24.7. The Bertz CT molecular complexity index is 2390. The molecule has 11 nitrogen and oxygen atoms in total. The molecule has 0 unspecified atom stereocenters. The highest BCUT2D eigenvalue weighted by Crippen LogP contribution is 2.35. The van der Waals surface area contributed by atoms with Gasteiger partial charge in [0.05, 0.1) is 29.0 Å². The molecule has 4 aromatic heterocycles. The zero-order chi connectivity index (χ0) is 31.7. The van der Waals surface area contributed by atoms with Crippen molar-refractivity contribution in [1.29, 1.82) is 0 Å². The van der Waals surface area contributed by atoms with E-state index in [0.717, 1.165) is 22.3 Å². The highest BCUT2D eigenvalue weighted by atomic mass is 16.5. The lowest BCUT2D eigenvalue weighted by Crippen LogP contribution is -2.01. The lowest BCUT2D eigenvalue weighted by Gasteiger charge is -2.12. The Morgan fingerprint density at radius 1 is 0.447 bits per heavy atom. The molecule has 0 saturated carbocycles. The van der Waals surface area contributed by atoms with E-state index < -0.39 is 0 Å². The van der Waals surface area contributed by atoms with E-state index in [0.29, 0.717) is 56.6 Å². The highest BCUT2D eigenvalue weighted by Gasteiger charge is 2.17. The lowest BCUT2D eigenvalue weighted by molar-refractivity contribution is 0.483. The summed E-state index contributed by atoms with van der Waals surface area (Å²) in [5.41, 5.74) is 20.1. The van der Waals surface area contributed by atoms with Gasteiger partial charge in [-0.25, -0.2) is 34.9 Å². The van der Waals surface area contributed by atoms with E-state index in [1.54, 1.807) is 6.20 Å². The van der Waals surface area contributed by atoms with Gasteiger partial charge < -0.3 is 16.2 Å². The van der Waals surface area contributed by atoms with Gasteiger partial charge in [-0.2, -0.15) is 4.98 Å². The van der Waals surface area contributed by atoms with Crippen LogP contribution in [0.3, 0.4) is 0 Å². The third-order valence-electron chi connectivity index (χ3n) is 7.53. The quantitative estimate of drug-likeness (QED) is 0.203. The maximum atomic E-state index is 6.22. The molecular formula is C36H24N10O. The van der Waals surface area contributed by atoms with E-state index in [2.05, 4.69) is 19.9 Å². The van der Waals surface area contributed by atoms with Crippen molar-refractivity contribution in [3.63, 3.8) is 0 Å². The van der Waals surface area contributed by atoms with Crippen molar-refractivity contribution in [1.82, 2.24) is 39.9 Å². The summed E-state index contributed by atoms with van der Waals surface area (Å²) in [5.74, 6) is 1.74. The molecule has 0 aliphatic rings. The first-order valence-corrected chi connectivity index (χ1v) is 14.7. The summed E-state index contributed by atoms with van der Waals surface area (Å²) < 4.78 is 6.22. The first kappa shape index (κ1) is 27.7. The molecule has 0 amide bonds. The molecule has 8 rings (SSSR count). The predicted molar refractivity (Wildman–Crippen MR) is 181 cm³/mol. The Balaban J connectivity index is 1.10. The molecular weight excluding hydrogens is 588 g/mol. The highest BCUT2D eigenvalue weighted by molar-refractivity contribution is 5.89. The fourth-order valence-electron chi connectivity index (χ4n) is 5.26. The minimum absolute atomic E-state index is 0.147. The van der Waals surface area contributed by atoms with Crippen LogP contribution in [-0.4, -0.2) is 39.9 Å². The number of nitrogen functional groups attached to an aromatic ring is 2. The van der Waals surface area contributed by atoms with Gasteiger partial charge >= 0.3 is 0 Å². The van der Waals surface area contributed by atoms with Crippen molar-refractivity contribution in [2.45, 2.75) is 0 Å². The van der Waals surface area contributed by atoms with E-state index in [-0.39, 0.29) is 11.8 Å². The molecule has 4 aromatic carbocycles. The Morgan fingerprint density at radius 2 is 0.957 bits per heavy atom. The number of hydrogen-bond donors (Lipinski definition) is 2. The van der Waals surface area contributed by atoms with Crippen LogP contribution in [0.4, 0.5) is 11.8 Å². The molecule has 0 spiro atoms. The Labute approximate surface area is 268 Å². The van der Waals surface area contributed by atoms with Crippen LogP contribution in [0, 0.1) is 0 Å². The molecule has 4 heterocycles. The second-order valence-corrected chi connectivity index (χ2v) is 10.6. The molecule has 0 bridgehead atoms. The largest absolute Gasteiger partial charge is 0.457 e. The van der Waals surface area contributed by atoms with Crippen molar-refractivity contribution < 1.29 is 4.74 Å². The first-order chi connectivity index (χ1) is 23.1. The molecule has 0 aliphatic carbocycles. The molecule has 8 aromatic rings. The average Bonchev–Trinajstić information content (AvgIpc) is 3.12. The SMILES string of the molecule is Nc1ncc2nc(-c3ccc(Oc4ccc(-c5nc6c(N)ncnc6nc5-c5ccccc5)cc4)cc3)c(-c3ccccc3)nc2n1. The normalized spacial score (nSPS) is 11.1. The number of fused-ring (bicyclic) bond motifs is 2. The second-order valence-electron chi connectivity index (χ2n) is 10.6. The standard InChI is InChI=1S/C36H24N10O/c37-33-32-35(41-20-40-33)45-31(22-9-5-2-6-10-22)29(43-32)24-13-17-26(18-14-24)47-25-15-11-23(12-16-25)28-30(21-7-3-1-4-8-21)44-34-27(42-28)19-39-36(38)46-34/h1-20H,(H2,37,40,41,45)(H2,38,39,44,46). The van der Waals surface area contributed by atoms with Gasteiger partial charge in [0, 0.05) is 22.3 Å². The first-order valence-electron chi connectivity index (χ1n) is 14.7. The lowest BCUT2D eigenvalue weighted by atomic mass is 10.0. The summed E-state index contributed by atoms with van der Waals surface area (Å²) in [6.45, 7) is 0. The van der Waals surface area contributed by atoms with Crippen LogP contribution in [-0.2, 0) is 0 Å². The maximum Gasteiger partial charge on any atom is 0.222 e. The summed E-state index contributed by atoms with van der Waals surface area (Å²) in [5, 5.41) is 0. The van der Waals surface area contributed by atoms with Crippen LogP contribution in [0.25, 0.3) is 67.4 Å². The van der Waals surface area contributed by atoms with Crippen molar-refractivity contribution in [3.05, 3.63) is 122 Å². The Kier molecular flexibility index (Phi) is 6.80. The summed E-state index contributed by atoms with van der Waals surface area (Å²) in [6.07, 6.45) is 2.97. The van der Waals surface area contributed by atoms with Crippen LogP contribution in [0.15, 0.2) is 122 Å². The number of rotatable bonds is 6. The summed E-state index contributed by atoms with van der Waals surface area (Å²) >= 11 is 0. The van der Waals surface area contributed by atoms with E-state index in [9.17, 15) is 0 Å². The fourth-order valence-corrected chi connectivity index (χ4v) is 5.26. The minimum atomic E-state index is 0.147. The smallest absolute Gasteiger partial charge is 0.222 e. The number of aromatic nitrogens is 8. The number of nitrogens with zero attached hydrogens (tertiary/aromatic N) is 8. The van der Waals surface area contributed by atoms with Crippen molar-refractivity contribution in [2.24, 2.45) is 0 Å². The van der Waals surface area contributed by atoms with Crippen LogP contribution >= 0.6 is 0 Å². The molecule has 11 heteroatoms. The second kappa shape index (κ2) is 11.6. The van der Waals surface area contributed by atoms with Gasteiger partial charge in [-0.3, -0.25) is 0 Å². The third kappa shape index (κ3) is 5.38. The van der Waals surface area contributed by atoms with Crippen LogP contribution in [0.1, 0.15) is 0 Å². The van der Waals surface area contributed by atoms with Gasteiger partial charge in [0.15, 0.2) is 22.6 Å².